The van der Waals surface area contributed by atoms with Gasteiger partial charge in [-0.3, -0.25) is 9.69 Å². The molecule has 0 unspecified atom stereocenters. The molecule has 32 heavy (non-hydrogen) atoms. The number of likely N-dealkylation sites (tertiary alicyclic amines) is 1. The molecule has 0 amide bonds. The summed E-state index contributed by atoms with van der Waals surface area (Å²) in [5, 5.41) is 9.87. The van der Waals surface area contributed by atoms with E-state index in [-0.39, 0.29) is 5.92 Å². The molecule has 1 saturated heterocycles. The molecule has 0 radical (unpaired) electrons. The number of carboxylic acid groups (broad SMARTS) is 1. The van der Waals surface area contributed by atoms with Crippen molar-refractivity contribution in [3.05, 3.63) is 69.2 Å². The van der Waals surface area contributed by atoms with Crippen LogP contribution >= 0.6 is 11.6 Å². The van der Waals surface area contributed by atoms with E-state index >= 15 is 0 Å². The van der Waals surface area contributed by atoms with Gasteiger partial charge in [0.2, 0.25) is 0 Å². The lowest BCUT2D eigenvalue weighted by molar-refractivity contribution is -0.147. The highest BCUT2D eigenvalue weighted by atomic mass is 35.5. The smallest absolute Gasteiger partial charge is 0.309 e. The zero-order valence-electron chi connectivity index (χ0n) is 19.2. The number of rotatable bonds is 8. The summed E-state index contributed by atoms with van der Waals surface area (Å²) in [6, 6.07) is 12.4. The Balaban J connectivity index is 1.38. The van der Waals surface area contributed by atoms with Crippen molar-refractivity contribution in [1.29, 1.82) is 0 Å². The molecule has 4 nitrogen and oxygen atoms in total. The first-order valence-corrected chi connectivity index (χ1v) is 11.8. The van der Waals surface area contributed by atoms with E-state index in [1.54, 1.807) is 0 Å². The number of carboxylic acids is 1. The van der Waals surface area contributed by atoms with Gasteiger partial charge in [0.05, 0.1) is 12.5 Å². The van der Waals surface area contributed by atoms with Crippen molar-refractivity contribution in [2.75, 3.05) is 26.2 Å². The Bertz CT molecular complexity index is 1020. The van der Waals surface area contributed by atoms with Crippen molar-refractivity contribution in [3.8, 4) is 5.75 Å². The molecule has 1 N–H and O–H groups in total. The predicted molar refractivity (Wildman–Crippen MR) is 129 cm³/mol. The molecule has 1 atom stereocenters. The standard InChI is InChI=1S/C27H32ClNO3/c1-17(12-20-4-7-23(28)8-5-20)16-32-26-11-10-24-18(2)21(6-9-25(24)19(26)3)13-29-14-22(15-29)27(30)31/h4-5,7-8,10-11,17,22H,6,9,12-16H2,1-3H3,(H,30,31)/t17-/m0/s1. The lowest BCUT2D eigenvalue weighted by atomic mass is 9.83. The van der Waals surface area contributed by atoms with Gasteiger partial charge in [-0.1, -0.05) is 42.3 Å². The molecule has 1 heterocycles. The largest absolute Gasteiger partial charge is 0.493 e. The first kappa shape index (κ1) is 22.9. The van der Waals surface area contributed by atoms with Crippen LogP contribution in [-0.4, -0.2) is 42.2 Å². The van der Waals surface area contributed by atoms with E-state index < -0.39 is 5.97 Å². The SMILES string of the molecule is CC1=C(CN2CC(C(=O)O)C2)CCc2c1ccc(OC[C@@H](C)Cc1ccc(Cl)cc1)c2C. The van der Waals surface area contributed by atoms with E-state index in [0.717, 1.165) is 36.6 Å². The topological polar surface area (TPSA) is 49.8 Å². The molecular weight excluding hydrogens is 422 g/mol. The third kappa shape index (κ3) is 5.02. The van der Waals surface area contributed by atoms with Crippen LogP contribution in [0, 0.1) is 18.8 Å². The molecule has 0 saturated carbocycles. The number of nitrogens with zero attached hydrogens (tertiary/aromatic N) is 1. The Morgan fingerprint density at radius 2 is 1.88 bits per heavy atom. The molecule has 4 rings (SSSR count). The number of ether oxygens (including phenoxy) is 1. The highest BCUT2D eigenvalue weighted by Gasteiger charge is 2.33. The van der Waals surface area contributed by atoms with Crippen LogP contribution < -0.4 is 4.74 Å². The van der Waals surface area contributed by atoms with Gasteiger partial charge < -0.3 is 9.84 Å². The minimum absolute atomic E-state index is 0.198. The van der Waals surface area contributed by atoms with Crippen LogP contribution in [-0.2, 0) is 17.6 Å². The minimum Gasteiger partial charge on any atom is -0.493 e. The summed E-state index contributed by atoms with van der Waals surface area (Å²) in [6.07, 6.45) is 3.01. The van der Waals surface area contributed by atoms with Crippen LogP contribution in [0.1, 0.15) is 42.5 Å². The van der Waals surface area contributed by atoms with E-state index in [9.17, 15) is 4.79 Å². The van der Waals surface area contributed by atoms with Crippen molar-refractivity contribution < 1.29 is 14.6 Å². The molecule has 1 aliphatic carbocycles. The maximum Gasteiger partial charge on any atom is 0.309 e. The van der Waals surface area contributed by atoms with Gasteiger partial charge in [0, 0.05) is 24.7 Å². The zero-order valence-corrected chi connectivity index (χ0v) is 19.9. The van der Waals surface area contributed by atoms with Gasteiger partial charge in [-0.15, -0.1) is 0 Å². The van der Waals surface area contributed by atoms with Gasteiger partial charge >= 0.3 is 5.97 Å². The Hall–Kier alpha value is -2.30. The second-order valence-electron chi connectivity index (χ2n) is 9.42. The van der Waals surface area contributed by atoms with Crippen LogP contribution in [0.5, 0.6) is 5.75 Å². The van der Waals surface area contributed by atoms with Crippen molar-refractivity contribution >= 4 is 23.1 Å². The number of allylic oxidation sites excluding steroid dienone is 1. The van der Waals surface area contributed by atoms with Gasteiger partial charge in [-0.2, -0.15) is 0 Å². The molecule has 1 fully saturated rings. The highest BCUT2D eigenvalue weighted by molar-refractivity contribution is 6.30. The summed E-state index contributed by atoms with van der Waals surface area (Å²) in [7, 11) is 0. The summed E-state index contributed by atoms with van der Waals surface area (Å²) in [6.45, 7) is 9.49. The Labute approximate surface area is 195 Å². The molecule has 0 spiro atoms. The van der Waals surface area contributed by atoms with Crippen LogP contribution in [0.3, 0.4) is 0 Å². The van der Waals surface area contributed by atoms with Gasteiger partial charge in [-0.05, 0) is 85.1 Å². The average molecular weight is 454 g/mol. The number of hydrogen-bond donors (Lipinski definition) is 1. The number of fused-ring (bicyclic) bond motifs is 1. The van der Waals surface area contributed by atoms with E-state index in [2.05, 4.69) is 49.9 Å². The summed E-state index contributed by atoms with van der Waals surface area (Å²) in [5.41, 5.74) is 8.01. The van der Waals surface area contributed by atoms with E-state index in [4.69, 9.17) is 21.4 Å². The molecule has 2 aliphatic rings. The van der Waals surface area contributed by atoms with Gasteiger partial charge in [0.1, 0.15) is 5.75 Å². The Morgan fingerprint density at radius 1 is 1.16 bits per heavy atom. The highest BCUT2D eigenvalue weighted by Crippen LogP contribution is 2.37. The van der Waals surface area contributed by atoms with E-state index in [1.165, 1.54) is 33.4 Å². The van der Waals surface area contributed by atoms with Crippen molar-refractivity contribution in [3.63, 3.8) is 0 Å². The normalized spacial score (nSPS) is 17.6. The number of hydrogen-bond acceptors (Lipinski definition) is 3. The Kier molecular flexibility index (Phi) is 6.92. The second kappa shape index (κ2) is 9.68. The number of halogens is 1. The molecule has 2 aromatic carbocycles. The van der Waals surface area contributed by atoms with Crippen LogP contribution in [0.15, 0.2) is 42.0 Å². The Morgan fingerprint density at radius 3 is 2.56 bits per heavy atom. The monoisotopic (exact) mass is 453 g/mol. The molecule has 170 valence electrons. The van der Waals surface area contributed by atoms with Crippen molar-refractivity contribution in [2.24, 2.45) is 11.8 Å². The minimum atomic E-state index is -0.674. The zero-order chi connectivity index (χ0) is 22.8. The van der Waals surface area contributed by atoms with Crippen LogP contribution in [0.2, 0.25) is 5.02 Å². The first-order chi connectivity index (χ1) is 15.3. The fourth-order valence-corrected chi connectivity index (χ4v) is 4.98. The molecule has 1 aliphatic heterocycles. The lowest BCUT2D eigenvalue weighted by Gasteiger charge is -2.38. The molecule has 2 aromatic rings. The third-order valence-corrected chi connectivity index (χ3v) is 7.15. The molecule has 0 bridgehead atoms. The van der Waals surface area contributed by atoms with Gasteiger partial charge in [0.15, 0.2) is 0 Å². The second-order valence-corrected chi connectivity index (χ2v) is 9.86. The van der Waals surface area contributed by atoms with E-state index in [1.807, 2.05) is 12.1 Å². The predicted octanol–water partition coefficient (Wildman–Crippen LogP) is 5.64. The fraction of sp³-hybridized carbons (Fsp3) is 0.444. The maximum atomic E-state index is 11.1. The van der Waals surface area contributed by atoms with Crippen molar-refractivity contribution in [2.45, 2.75) is 40.0 Å². The van der Waals surface area contributed by atoms with Crippen molar-refractivity contribution in [1.82, 2.24) is 4.90 Å². The molecule has 0 aromatic heterocycles. The number of aliphatic carboxylic acids is 1. The number of benzene rings is 2. The van der Waals surface area contributed by atoms with Crippen LogP contribution in [0.4, 0.5) is 0 Å². The molecule has 5 heteroatoms. The quantitative estimate of drug-likeness (QED) is 0.561. The summed E-state index contributed by atoms with van der Waals surface area (Å²) in [4.78, 5) is 13.3. The summed E-state index contributed by atoms with van der Waals surface area (Å²) < 4.78 is 6.24. The molecular formula is C27H32ClNO3. The fourth-order valence-electron chi connectivity index (χ4n) is 4.86. The first-order valence-electron chi connectivity index (χ1n) is 11.5. The maximum absolute atomic E-state index is 11.1. The van der Waals surface area contributed by atoms with Crippen LogP contribution in [0.25, 0.3) is 5.57 Å². The number of carbonyl (C=O) groups is 1. The third-order valence-electron chi connectivity index (χ3n) is 6.90. The average Bonchev–Trinajstić information content (AvgIpc) is 2.73. The van der Waals surface area contributed by atoms with Gasteiger partial charge in [0.25, 0.3) is 0 Å². The van der Waals surface area contributed by atoms with E-state index in [0.29, 0.717) is 25.6 Å². The summed E-state index contributed by atoms with van der Waals surface area (Å²) in [5.74, 6) is 0.517. The van der Waals surface area contributed by atoms with Gasteiger partial charge in [-0.25, -0.2) is 0 Å². The summed E-state index contributed by atoms with van der Waals surface area (Å²) >= 11 is 5.98. The lowest BCUT2D eigenvalue weighted by Crippen LogP contribution is -2.50.